The highest BCUT2D eigenvalue weighted by Crippen LogP contribution is 2.35. The normalized spacial score (nSPS) is 16.9. The maximum atomic E-state index is 12.8. The molecule has 2 aromatic rings. The van der Waals surface area contributed by atoms with Crippen molar-refractivity contribution in [2.45, 2.75) is 33.3 Å². The van der Waals surface area contributed by atoms with Crippen LogP contribution in [0.3, 0.4) is 0 Å². The maximum absolute atomic E-state index is 12.8. The number of anilines is 2. The molecule has 0 spiro atoms. The fourth-order valence-electron chi connectivity index (χ4n) is 3.19. The van der Waals surface area contributed by atoms with Gasteiger partial charge >= 0.3 is 0 Å². The Balaban J connectivity index is 1.88. The number of aryl methyl sites for hydroxylation is 3. The zero-order valence-corrected chi connectivity index (χ0v) is 16.8. The minimum Gasteiger partial charge on any atom is -0.478 e. The molecule has 0 aliphatic carbocycles. The number of fused-ring (bicyclic) bond motifs is 1. The molecule has 0 fully saturated rings. The fourth-order valence-corrected chi connectivity index (χ4v) is 4.12. The topological polar surface area (TPSA) is 75.7 Å². The van der Waals surface area contributed by atoms with Crippen LogP contribution in [0.25, 0.3) is 0 Å². The molecule has 0 radical (unpaired) electrons. The molecule has 27 heavy (non-hydrogen) atoms. The summed E-state index contributed by atoms with van der Waals surface area (Å²) in [6.45, 7) is 5.99. The van der Waals surface area contributed by atoms with E-state index in [4.69, 9.17) is 4.74 Å². The Bertz CT molecular complexity index is 985. The first kappa shape index (κ1) is 19.2. The molecule has 7 heteroatoms. The average molecular weight is 388 g/mol. The minimum atomic E-state index is -3.48. The Morgan fingerprint density at radius 2 is 1.78 bits per heavy atom. The van der Waals surface area contributed by atoms with Crippen molar-refractivity contribution < 1.29 is 17.9 Å². The molecule has 3 rings (SSSR count). The van der Waals surface area contributed by atoms with Gasteiger partial charge in [-0.3, -0.25) is 9.10 Å². The largest absolute Gasteiger partial charge is 0.478 e. The van der Waals surface area contributed by atoms with Crippen LogP contribution in [0.5, 0.6) is 5.75 Å². The molecular formula is C20H24N2O4S. The predicted octanol–water partition coefficient (Wildman–Crippen LogP) is 3.17. The summed E-state index contributed by atoms with van der Waals surface area (Å²) in [5.41, 5.74) is 4.20. The number of rotatable bonds is 3. The van der Waals surface area contributed by atoms with Gasteiger partial charge in [-0.05, 0) is 50.1 Å². The molecule has 1 heterocycles. The van der Waals surface area contributed by atoms with Gasteiger partial charge in [-0.15, -0.1) is 0 Å². The minimum absolute atomic E-state index is 0.181. The number of amides is 1. The number of nitrogens with zero attached hydrogens (tertiary/aromatic N) is 1. The van der Waals surface area contributed by atoms with Gasteiger partial charge in [0, 0.05) is 18.7 Å². The fraction of sp³-hybridized carbons (Fsp3) is 0.350. The lowest BCUT2D eigenvalue weighted by atomic mass is 10.1. The van der Waals surface area contributed by atoms with E-state index in [1.165, 1.54) is 4.31 Å². The molecule has 0 aromatic heterocycles. The number of ether oxygens (including phenoxy) is 1. The Hall–Kier alpha value is -2.54. The number of carbonyl (C=O) groups excluding carboxylic acids is 1. The lowest BCUT2D eigenvalue weighted by Gasteiger charge is -2.21. The van der Waals surface area contributed by atoms with E-state index in [-0.39, 0.29) is 18.9 Å². The molecule has 6 nitrogen and oxygen atoms in total. The molecule has 2 aromatic carbocycles. The lowest BCUT2D eigenvalue weighted by molar-refractivity contribution is -0.122. The average Bonchev–Trinajstić information content (AvgIpc) is 2.76. The highest BCUT2D eigenvalue weighted by Gasteiger charge is 2.31. The van der Waals surface area contributed by atoms with Crippen molar-refractivity contribution in [3.63, 3.8) is 0 Å². The summed E-state index contributed by atoms with van der Waals surface area (Å²) in [6.07, 6.45) is 0.645. The zero-order chi connectivity index (χ0) is 19.8. The van der Waals surface area contributed by atoms with Gasteiger partial charge in [-0.25, -0.2) is 8.42 Å². The van der Waals surface area contributed by atoms with Crippen molar-refractivity contribution in [2.75, 3.05) is 22.4 Å². The summed E-state index contributed by atoms with van der Waals surface area (Å²) < 4.78 is 31.7. The Morgan fingerprint density at radius 1 is 1.11 bits per heavy atom. The second-order valence-electron chi connectivity index (χ2n) is 7.01. The van der Waals surface area contributed by atoms with Crippen LogP contribution in [0, 0.1) is 20.8 Å². The van der Waals surface area contributed by atoms with Crippen molar-refractivity contribution in [2.24, 2.45) is 0 Å². The monoisotopic (exact) mass is 388 g/mol. The molecule has 0 unspecified atom stereocenters. The van der Waals surface area contributed by atoms with Crippen LogP contribution in [0.2, 0.25) is 0 Å². The first-order valence-electron chi connectivity index (χ1n) is 8.78. The Kier molecular flexibility index (Phi) is 5.15. The van der Waals surface area contributed by atoms with Gasteiger partial charge in [0.15, 0.2) is 6.10 Å². The van der Waals surface area contributed by atoms with E-state index in [0.29, 0.717) is 11.4 Å². The summed E-state index contributed by atoms with van der Waals surface area (Å²) in [5.74, 6) is 0.105. The van der Waals surface area contributed by atoms with Gasteiger partial charge in [-0.2, -0.15) is 0 Å². The number of carbonyl (C=O) groups is 1. The van der Waals surface area contributed by atoms with Crippen molar-refractivity contribution in [3.8, 4) is 5.75 Å². The smallest absolute Gasteiger partial charge is 0.265 e. The molecule has 1 N–H and O–H groups in total. The molecule has 1 aliphatic rings. The van der Waals surface area contributed by atoms with Gasteiger partial charge in [0.25, 0.3) is 5.91 Å². The summed E-state index contributed by atoms with van der Waals surface area (Å²) in [7, 11) is -3.48. The zero-order valence-electron chi connectivity index (χ0n) is 15.9. The SMILES string of the molecule is Cc1ccc(NC(=O)[C@H]2CCN(S(C)(=O)=O)c3cc(C)ccc3O2)c(C)c1. The van der Waals surface area contributed by atoms with Crippen LogP contribution in [0.4, 0.5) is 11.4 Å². The van der Waals surface area contributed by atoms with E-state index < -0.39 is 16.1 Å². The lowest BCUT2D eigenvalue weighted by Crippen LogP contribution is -2.36. The third kappa shape index (κ3) is 4.24. The molecule has 0 saturated heterocycles. The van der Waals surface area contributed by atoms with Crippen LogP contribution < -0.4 is 14.4 Å². The van der Waals surface area contributed by atoms with E-state index in [1.54, 1.807) is 12.1 Å². The summed E-state index contributed by atoms with van der Waals surface area (Å²) in [4.78, 5) is 12.8. The van der Waals surface area contributed by atoms with Crippen molar-refractivity contribution in [3.05, 3.63) is 53.1 Å². The van der Waals surface area contributed by atoms with Crippen LogP contribution in [0.15, 0.2) is 36.4 Å². The van der Waals surface area contributed by atoms with Crippen LogP contribution in [-0.2, 0) is 14.8 Å². The van der Waals surface area contributed by atoms with Crippen molar-refractivity contribution >= 4 is 27.3 Å². The van der Waals surface area contributed by atoms with E-state index in [2.05, 4.69) is 5.32 Å². The van der Waals surface area contributed by atoms with Gasteiger partial charge in [0.1, 0.15) is 5.75 Å². The highest BCUT2D eigenvalue weighted by atomic mass is 32.2. The summed E-state index contributed by atoms with van der Waals surface area (Å²) >= 11 is 0. The molecule has 1 amide bonds. The highest BCUT2D eigenvalue weighted by molar-refractivity contribution is 7.92. The third-order valence-corrected chi connectivity index (χ3v) is 5.76. The van der Waals surface area contributed by atoms with Crippen LogP contribution in [-0.4, -0.2) is 33.2 Å². The quantitative estimate of drug-likeness (QED) is 0.876. The molecule has 1 atom stereocenters. The predicted molar refractivity (Wildman–Crippen MR) is 107 cm³/mol. The Morgan fingerprint density at radius 3 is 2.44 bits per heavy atom. The molecular weight excluding hydrogens is 364 g/mol. The second-order valence-corrected chi connectivity index (χ2v) is 8.92. The van der Waals surface area contributed by atoms with E-state index in [0.717, 1.165) is 28.6 Å². The number of sulfonamides is 1. The maximum Gasteiger partial charge on any atom is 0.265 e. The van der Waals surface area contributed by atoms with Crippen molar-refractivity contribution in [1.29, 1.82) is 0 Å². The molecule has 144 valence electrons. The number of nitrogens with one attached hydrogen (secondary N) is 1. The number of benzene rings is 2. The van der Waals surface area contributed by atoms with E-state index >= 15 is 0 Å². The molecule has 1 aliphatic heterocycles. The third-order valence-electron chi connectivity index (χ3n) is 4.58. The second kappa shape index (κ2) is 7.23. The van der Waals surface area contributed by atoms with Crippen LogP contribution >= 0.6 is 0 Å². The molecule has 0 bridgehead atoms. The van der Waals surface area contributed by atoms with Gasteiger partial charge in [0.2, 0.25) is 10.0 Å². The van der Waals surface area contributed by atoms with Gasteiger partial charge < -0.3 is 10.1 Å². The van der Waals surface area contributed by atoms with Gasteiger partial charge in [0.05, 0.1) is 11.9 Å². The Labute approximate surface area is 160 Å². The summed E-state index contributed by atoms with van der Waals surface area (Å²) in [6, 6.07) is 11.1. The van der Waals surface area contributed by atoms with E-state index in [9.17, 15) is 13.2 Å². The van der Waals surface area contributed by atoms with E-state index in [1.807, 2.05) is 45.0 Å². The summed E-state index contributed by atoms with van der Waals surface area (Å²) in [5, 5.41) is 2.90. The molecule has 0 saturated carbocycles. The number of hydrogen-bond acceptors (Lipinski definition) is 4. The standard InChI is InChI=1S/C20H24N2O4S/c1-13-5-7-16(15(3)11-13)21-20(23)19-9-10-22(27(4,24)25)17-12-14(2)6-8-18(17)26-19/h5-8,11-12,19H,9-10H2,1-4H3,(H,21,23)/t19-/m1/s1. The van der Waals surface area contributed by atoms with Gasteiger partial charge in [-0.1, -0.05) is 23.8 Å². The van der Waals surface area contributed by atoms with Crippen LogP contribution in [0.1, 0.15) is 23.1 Å². The van der Waals surface area contributed by atoms with Crippen molar-refractivity contribution in [1.82, 2.24) is 0 Å². The first-order chi connectivity index (χ1) is 12.6. The number of hydrogen-bond donors (Lipinski definition) is 1. The first-order valence-corrected chi connectivity index (χ1v) is 10.6.